The van der Waals surface area contributed by atoms with Gasteiger partial charge in [0.25, 0.3) is 29.0 Å². The minimum Gasteiger partial charge on any atom is -0.756 e. The predicted molar refractivity (Wildman–Crippen MR) is 133 cm³/mol. The maximum absolute atomic E-state index is 13.5. The van der Waals surface area contributed by atoms with Crippen LogP contribution < -0.4 is 41.0 Å². The fraction of sp³-hybridized carbons (Fsp3) is 0.316. The van der Waals surface area contributed by atoms with Gasteiger partial charge in [-0.05, 0) is 24.6 Å². The van der Waals surface area contributed by atoms with Crippen molar-refractivity contribution in [2.45, 2.75) is 31.8 Å². The van der Waals surface area contributed by atoms with Crippen LogP contribution in [0.3, 0.4) is 0 Å². The number of benzene rings is 1. The number of aryl methyl sites for hydroxylation is 1. The summed E-state index contributed by atoms with van der Waals surface area (Å²) in [7, 11) is -25.2. The summed E-state index contributed by atoms with van der Waals surface area (Å²) < 4.78 is 91.4. The molecule has 7 atom stereocenters. The van der Waals surface area contributed by atoms with Crippen molar-refractivity contribution in [3.8, 4) is 5.75 Å². The normalized spacial score (nSPS) is 23.9. The molecule has 0 amide bonds. The smallest absolute Gasteiger partial charge is 0.336 e. The van der Waals surface area contributed by atoms with Gasteiger partial charge in [-0.1, -0.05) is 0 Å². The molecule has 26 heteroatoms. The Labute approximate surface area is 247 Å². The van der Waals surface area contributed by atoms with Crippen LogP contribution in [0.5, 0.6) is 5.75 Å². The number of aliphatic hydroxyl groups excluding tert-OH is 1. The minimum absolute atomic E-state index is 0.173. The van der Waals surface area contributed by atoms with E-state index in [9.17, 15) is 61.7 Å². The van der Waals surface area contributed by atoms with Crippen molar-refractivity contribution < 1.29 is 78.5 Å². The average molecular weight is 720 g/mol. The third-order valence-electron chi connectivity index (χ3n) is 5.58. The molecule has 45 heavy (non-hydrogen) atoms. The van der Waals surface area contributed by atoms with Crippen molar-refractivity contribution >= 4 is 42.3 Å². The number of nitrogens with zero attached hydrogens (tertiary/aromatic N) is 1. The second-order valence-corrected chi connectivity index (χ2v) is 14.9. The highest BCUT2D eigenvalue weighted by atomic mass is 31.3. The van der Waals surface area contributed by atoms with E-state index < -0.39 is 91.2 Å². The maximum Gasteiger partial charge on any atom is 0.336 e. The molecule has 4 rings (SSSR count). The lowest BCUT2D eigenvalue weighted by atomic mass is 10.1. The Morgan fingerprint density at radius 2 is 1.62 bits per heavy atom. The Kier molecular flexibility index (Phi) is 10.1. The predicted octanol–water partition coefficient (Wildman–Crippen LogP) is -1.24. The van der Waals surface area contributed by atoms with E-state index in [2.05, 4.69) is 22.0 Å². The van der Waals surface area contributed by atoms with Gasteiger partial charge < -0.3 is 42.9 Å². The molecule has 2 N–H and O–H groups in total. The first-order valence-corrected chi connectivity index (χ1v) is 17.6. The van der Waals surface area contributed by atoms with Gasteiger partial charge >= 0.3 is 19.1 Å². The molecule has 0 saturated carbocycles. The average Bonchev–Trinajstić information content (AvgIpc) is 3.22. The summed E-state index contributed by atoms with van der Waals surface area (Å²) in [5.41, 5.74) is -3.04. The number of ether oxygens (including phenoxy) is 1. The highest BCUT2D eigenvalue weighted by molar-refractivity contribution is 7.68. The van der Waals surface area contributed by atoms with E-state index >= 15 is 0 Å². The van der Waals surface area contributed by atoms with Crippen LogP contribution in [0.25, 0.3) is 11.0 Å². The van der Waals surface area contributed by atoms with Gasteiger partial charge in [0.1, 0.15) is 23.7 Å². The van der Waals surface area contributed by atoms with Crippen molar-refractivity contribution in [1.29, 1.82) is 0 Å². The molecule has 1 fully saturated rings. The van der Waals surface area contributed by atoms with Gasteiger partial charge in [0, 0.05) is 23.9 Å². The highest BCUT2D eigenvalue weighted by Gasteiger charge is 2.37. The third-order valence-corrected chi connectivity index (χ3v) is 11.3. The van der Waals surface area contributed by atoms with E-state index in [1.54, 1.807) is 4.98 Å². The summed E-state index contributed by atoms with van der Waals surface area (Å²) in [4.78, 5) is 84.2. The van der Waals surface area contributed by atoms with Gasteiger partial charge in [-0.2, -0.15) is 4.39 Å². The first kappa shape index (κ1) is 35.2. The maximum atomic E-state index is 13.5. The number of rotatable bonds is 12. The van der Waals surface area contributed by atoms with E-state index in [0.29, 0.717) is 21.7 Å². The fourth-order valence-electron chi connectivity index (χ4n) is 3.80. The van der Waals surface area contributed by atoms with E-state index in [-0.39, 0.29) is 5.58 Å². The van der Waals surface area contributed by atoms with Crippen molar-refractivity contribution in [2.24, 2.45) is 0 Å². The van der Waals surface area contributed by atoms with Crippen LogP contribution in [0.2, 0.25) is 0 Å². The number of hydrogen-bond donors (Lipinski definition) is 2. The Morgan fingerprint density at radius 3 is 2.29 bits per heavy atom. The SMILES string of the molecule is Cc1cc(=O)oc2cc(OP(=O)([O-])OP(=O)([O-])OP(=O)([O-])OP(=O)([O-])OC[C@H]3OC(n4cc(F)c(=O)[nH]c4=O)C[C@@H]3O)ccc12. The largest absolute Gasteiger partial charge is 0.756 e. The lowest BCUT2D eigenvalue weighted by molar-refractivity contribution is -0.253. The van der Waals surface area contributed by atoms with E-state index in [1.807, 2.05) is 0 Å². The number of phosphoric ester groups is 2. The second-order valence-electron chi connectivity index (χ2n) is 8.90. The lowest BCUT2D eigenvalue weighted by Crippen LogP contribution is -2.34. The molecule has 0 aliphatic carbocycles. The number of nitrogens with one attached hydrogen (secondary N) is 1. The Hall–Kier alpha value is -2.64. The number of aliphatic hydroxyl groups is 1. The molecule has 1 aliphatic heterocycles. The van der Waals surface area contributed by atoms with Gasteiger partial charge in [0.05, 0.1) is 18.9 Å². The molecule has 1 aliphatic rings. The van der Waals surface area contributed by atoms with Crippen LogP contribution in [-0.4, -0.2) is 33.5 Å². The van der Waals surface area contributed by atoms with Crippen LogP contribution in [0.1, 0.15) is 18.2 Å². The zero-order chi connectivity index (χ0) is 33.5. The van der Waals surface area contributed by atoms with Gasteiger partial charge in [-0.3, -0.25) is 32.6 Å². The molecule has 1 saturated heterocycles. The van der Waals surface area contributed by atoms with E-state index in [0.717, 1.165) is 18.2 Å². The van der Waals surface area contributed by atoms with Gasteiger partial charge in [-0.25, -0.2) is 22.5 Å². The molecule has 0 bridgehead atoms. The van der Waals surface area contributed by atoms with Crippen LogP contribution >= 0.6 is 31.3 Å². The highest BCUT2D eigenvalue weighted by Crippen LogP contribution is 2.66. The minimum atomic E-state index is -6.54. The molecular formula is C19H17FN2O19P4-4. The molecule has 1 aromatic carbocycles. The molecule has 2 aromatic heterocycles. The van der Waals surface area contributed by atoms with E-state index in [1.165, 1.54) is 13.0 Å². The van der Waals surface area contributed by atoms with E-state index in [4.69, 9.17) is 9.15 Å². The third kappa shape index (κ3) is 9.22. The van der Waals surface area contributed by atoms with Crippen LogP contribution in [0.4, 0.5) is 4.39 Å². The Balaban J connectivity index is 1.35. The molecule has 0 spiro atoms. The standard InChI is InChI=1S/C19H21FN2O19P4/c1-9-4-17(24)37-14-5-10(2-3-11(9)14)38-43(29,30)40-45(33,34)41-44(31,32)39-42(27,28)35-8-15-13(23)6-16(36-15)22-7-12(20)18(25)21-19(22)26/h2-5,7,13,15-16,23H,6,8H2,1H3,(H,27,28)(H,29,30)(H,31,32)(H,33,34)(H,21,25,26)/p-4/t13-,15+,16?/m0/s1. The van der Waals surface area contributed by atoms with Crippen molar-refractivity contribution in [2.75, 3.05) is 6.61 Å². The molecule has 21 nitrogen and oxygen atoms in total. The quantitative estimate of drug-likeness (QED) is 0.163. The number of aromatic nitrogens is 2. The van der Waals surface area contributed by atoms with Crippen molar-refractivity contribution in [1.82, 2.24) is 9.55 Å². The van der Waals surface area contributed by atoms with Gasteiger partial charge in [-0.15, -0.1) is 0 Å². The van der Waals surface area contributed by atoms with Crippen molar-refractivity contribution in [3.63, 3.8) is 0 Å². The zero-order valence-corrected chi connectivity index (χ0v) is 25.5. The first-order valence-electron chi connectivity index (χ1n) is 11.8. The lowest BCUT2D eigenvalue weighted by Gasteiger charge is -2.36. The fourth-order valence-corrected chi connectivity index (χ4v) is 8.54. The van der Waals surface area contributed by atoms with Crippen LogP contribution in [0.15, 0.2) is 49.3 Å². The summed E-state index contributed by atoms with van der Waals surface area (Å²) in [6, 6.07) is 4.23. The number of aromatic amines is 1. The summed E-state index contributed by atoms with van der Waals surface area (Å²) in [5, 5.41) is 10.4. The van der Waals surface area contributed by atoms with Crippen LogP contribution in [-0.2, 0) is 40.5 Å². The number of phosphoric acid groups is 4. The van der Waals surface area contributed by atoms with Crippen LogP contribution in [0, 0.1) is 12.7 Å². The Bertz CT molecular complexity index is 1990. The molecule has 3 heterocycles. The molecule has 0 radical (unpaired) electrons. The topological polar surface area (TPSA) is 321 Å². The number of fused-ring (bicyclic) bond motifs is 1. The number of H-pyrrole nitrogens is 1. The van der Waals surface area contributed by atoms with Gasteiger partial charge in [0.2, 0.25) is 5.82 Å². The molecule has 3 aromatic rings. The summed E-state index contributed by atoms with van der Waals surface area (Å²) in [6.45, 7) is 0.325. The summed E-state index contributed by atoms with van der Waals surface area (Å²) in [5.74, 6) is -2.04. The molecule has 248 valence electrons. The van der Waals surface area contributed by atoms with Gasteiger partial charge in [0.15, 0.2) is 0 Å². The summed E-state index contributed by atoms with van der Waals surface area (Å²) >= 11 is 0. The zero-order valence-electron chi connectivity index (χ0n) is 21.9. The molecule has 5 unspecified atom stereocenters. The number of halogens is 1. The monoisotopic (exact) mass is 720 g/mol. The molecular weight excluding hydrogens is 703 g/mol. The Morgan fingerprint density at radius 1 is 1.00 bits per heavy atom. The summed E-state index contributed by atoms with van der Waals surface area (Å²) in [6.07, 6.45) is -4.69. The van der Waals surface area contributed by atoms with Crippen molar-refractivity contribution in [3.05, 3.63) is 73.1 Å². The second kappa shape index (κ2) is 12.9. The number of hydrogen-bond acceptors (Lipinski definition) is 19. The first-order chi connectivity index (χ1) is 20.6.